The Bertz CT molecular complexity index is 185. The van der Waals surface area contributed by atoms with E-state index >= 15 is 0 Å². The second-order valence-corrected chi connectivity index (χ2v) is 2.54. The topological polar surface area (TPSA) is 77.0 Å². The maximum absolute atomic E-state index is 10.6. The second kappa shape index (κ2) is 9.60. The molecule has 0 saturated heterocycles. The van der Waals surface area contributed by atoms with Crippen LogP contribution in [0.3, 0.4) is 0 Å². The molecule has 15 heavy (non-hydrogen) atoms. The SMILES string of the molecule is C=CC(=O)OCCOC(O)NCCOC. The minimum Gasteiger partial charge on any atom is -0.460 e. The number of hydrogen-bond donors (Lipinski definition) is 2. The van der Waals surface area contributed by atoms with Crippen molar-refractivity contribution in [3.05, 3.63) is 12.7 Å². The van der Waals surface area contributed by atoms with Gasteiger partial charge in [-0.15, -0.1) is 0 Å². The maximum atomic E-state index is 10.6. The van der Waals surface area contributed by atoms with Crippen molar-refractivity contribution in [1.82, 2.24) is 5.32 Å². The monoisotopic (exact) mass is 219 g/mol. The minimum atomic E-state index is -1.08. The van der Waals surface area contributed by atoms with E-state index in [0.29, 0.717) is 13.2 Å². The standard InChI is InChI=1S/C9H17NO5/c1-3-8(11)14-6-7-15-9(12)10-4-5-13-2/h3,9-10,12H,1,4-7H2,2H3. The fraction of sp³-hybridized carbons (Fsp3) is 0.667. The fourth-order valence-corrected chi connectivity index (χ4v) is 0.704. The number of aliphatic hydroxyl groups is 1. The molecule has 1 unspecified atom stereocenters. The van der Waals surface area contributed by atoms with Gasteiger partial charge in [-0.1, -0.05) is 6.58 Å². The van der Waals surface area contributed by atoms with Gasteiger partial charge in [-0.05, 0) is 0 Å². The molecular weight excluding hydrogens is 202 g/mol. The van der Waals surface area contributed by atoms with Crippen LogP contribution in [0.25, 0.3) is 0 Å². The number of esters is 1. The first-order valence-electron chi connectivity index (χ1n) is 4.52. The molecule has 0 spiro atoms. The molecular formula is C9H17NO5. The van der Waals surface area contributed by atoms with Gasteiger partial charge in [0, 0.05) is 19.7 Å². The molecule has 0 radical (unpaired) electrons. The molecule has 0 rings (SSSR count). The van der Waals surface area contributed by atoms with Crippen LogP contribution in [0, 0.1) is 0 Å². The van der Waals surface area contributed by atoms with Crippen LogP contribution in [0.1, 0.15) is 0 Å². The van der Waals surface area contributed by atoms with Crippen LogP contribution in [0.5, 0.6) is 0 Å². The van der Waals surface area contributed by atoms with Gasteiger partial charge in [-0.3, -0.25) is 5.32 Å². The summed E-state index contributed by atoms with van der Waals surface area (Å²) < 4.78 is 14.2. The van der Waals surface area contributed by atoms with E-state index in [1.54, 1.807) is 7.11 Å². The van der Waals surface area contributed by atoms with Gasteiger partial charge in [-0.25, -0.2) is 4.79 Å². The summed E-state index contributed by atoms with van der Waals surface area (Å²) >= 11 is 0. The van der Waals surface area contributed by atoms with Gasteiger partial charge in [0.15, 0.2) is 0 Å². The van der Waals surface area contributed by atoms with Crippen LogP contribution in [0.4, 0.5) is 0 Å². The summed E-state index contributed by atoms with van der Waals surface area (Å²) in [5.74, 6) is -0.513. The normalized spacial score (nSPS) is 12.1. The largest absolute Gasteiger partial charge is 0.460 e. The maximum Gasteiger partial charge on any atom is 0.330 e. The molecule has 6 nitrogen and oxygen atoms in total. The third kappa shape index (κ3) is 9.36. The van der Waals surface area contributed by atoms with Crippen molar-refractivity contribution in [3.8, 4) is 0 Å². The molecule has 0 aliphatic heterocycles. The van der Waals surface area contributed by atoms with E-state index < -0.39 is 12.4 Å². The molecule has 0 aromatic rings. The number of ether oxygens (including phenoxy) is 3. The molecule has 0 aromatic carbocycles. The molecule has 0 aromatic heterocycles. The summed E-state index contributed by atoms with van der Waals surface area (Å²) in [4.78, 5) is 10.6. The van der Waals surface area contributed by atoms with Crippen molar-refractivity contribution in [2.24, 2.45) is 0 Å². The number of rotatable bonds is 9. The zero-order chi connectivity index (χ0) is 11.5. The lowest BCUT2D eigenvalue weighted by molar-refractivity contribution is -0.150. The summed E-state index contributed by atoms with van der Waals surface area (Å²) in [6.07, 6.45) is -0.0182. The van der Waals surface area contributed by atoms with E-state index in [0.717, 1.165) is 6.08 Å². The van der Waals surface area contributed by atoms with Crippen molar-refractivity contribution in [3.63, 3.8) is 0 Å². The van der Waals surface area contributed by atoms with Crippen LogP contribution in [-0.4, -0.2) is 51.0 Å². The number of carbonyl (C=O) groups excluding carboxylic acids is 1. The van der Waals surface area contributed by atoms with E-state index in [1.807, 2.05) is 0 Å². The molecule has 0 heterocycles. The number of methoxy groups -OCH3 is 1. The molecule has 0 saturated carbocycles. The van der Waals surface area contributed by atoms with Crippen molar-refractivity contribution < 1.29 is 24.1 Å². The quantitative estimate of drug-likeness (QED) is 0.230. The van der Waals surface area contributed by atoms with E-state index in [1.165, 1.54) is 0 Å². The van der Waals surface area contributed by atoms with E-state index in [-0.39, 0.29) is 13.2 Å². The number of carbonyl (C=O) groups is 1. The van der Waals surface area contributed by atoms with Gasteiger partial charge in [0.2, 0.25) is 6.41 Å². The van der Waals surface area contributed by atoms with E-state index in [2.05, 4.69) is 16.6 Å². The highest BCUT2D eigenvalue weighted by Crippen LogP contribution is 1.84. The Morgan fingerprint density at radius 3 is 2.87 bits per heavy atom. The summed E-state index contributed by atoms with van der Waals surface area (Å²) in [6, 6.07) is 0. The summed E-state index contributed by atoms with van der Waals surface area (Å²) in [7, 11) is 1.56. The van der Waals surface area contributed by atoms with Gasteiger partial charge in [0.25, 0.3) is 0 Å². The molecule has 1 atom stereocenters. The molecule has 0 aliphatic rings. The van der Waals surface area contributed by atoms with E-state index in [9.17, 15) is 4.79 Å². The van der Waals surface area contributed by atoms with Crippen LogP contribution in [0.15, 0.2) is 12.7 Å². The molecule has 88 valence electrons. The Balaban J connectivity index is 3.26. The summed E-state index contributed by atoms with van der Waals surface area (Å²) in [6.45, 7) is 4.38. The number of aliphatic hydroxyl groups excluding tert-OH is 1. The van der Waals surface area contributed by atoms with Crippen LogP contribution >= 0.6 is 0 Å². The van der Waals surface area contributed by atoms with Gasteiger partial charge in [0.05, 0.1) is 13.2 Å². The lowest BCUT2D eigenvalue weighted by Gasteiger charge is -2.12. The first-order chi connectivity index (χ1) is 7.20. The molecule has 0 amide bonds. The highest BCUT2D eigenvalue weighted by Gasteiger charge is 2.02. The average Bonchev–Trinajstić information content (AvgIpc) is 2.24. The molecule has 6 heteroatoms. The Hall–Kier alpha value is -0.950. The van der Waals surface area contributed by atoms with Crippen LogP contribution in [-0.2, 0) is 19.0 Å². The summed E-state index contributed by atoms with van der Waals surface area (Å²) in [5.41, 5.74) is 0. The zero-order valence-corrected chi connectivity index (χ0v) is 8.77. The van der Waals surface area contributed by atoms with Gasteiger partial charge in [-0.2, -0.15) is 0 Å². The molecule has 0 aliphatic carbocycles. The zero-order valence-electron chi connectivity index (χ0n) is 8.77. The van der Waals surface area contributed by atoms with Crippen LogP contribution < -0.4 is 5.32 Å². The first-order valence-corrected chi connectivity index (χ1v) is 4.52. The van der Waals surface area contributed by atoms with Crippen molar-refractivity contribution in [2.75, 3.05) is 33.5 Å². The molecule has 0 bridgehead atoms. The number of nitrogens with one attached hydrogen (secondary N) is 1. The average molecular weight is 219 g/mol. The highest BCUT2D eigenvalue weighted by atomic mass is 16.6. The Kier molecular flexibility index (Phi) is 8.99. The Morgan fingerprint density at radius 1 is 1.53 bits per heavy atom. The highest BCUT2D eigenvalue weighted by molar-refractivity contribution is 5.81. The van der Waals surface area contributed by atoms with Gasteiger partial charge in [0.1, 0.15) is 6.61 Å². The van der Waals surface area contributed by atoms with E-state index in [4.69, 9.17) is 14.6 Å². The predicted molar refractivity (Wildman–Crippen MR) is 53.0 cm³/mol. The van der Waals surface area contributed by atoms with Crippen molar-refractivity contribution >= 4 is 5.97 Å². The summed E-state index contributed by atoms with van der Waals surface area (Å²) in [5, 5.41) is 11.8. The first kappa shape index (κ1) is 14.1. The Labute approximate surface area is 88.8 Å². The molecule has 0 fully saturated rings. The lowest BCUT2D eigenvalue weighted by Crippen LogP contribution is -2.34. The number of hydrogen-bond acceptors (Lipinski definition) is 6. The van der Waals surface area contributed by atoms with Crippen molar-refractivity contribution in [1.29, 1.82) is 0 Å². The third-order valence-electron chi connectivity index (χ3n) is 1.40. The molecule has 2 N–H and O–H groups in total. The lowest BCUT2D eigenvalue weighted by atomic mass is 10.6. The van der Waals surface area contributed by atoms with Gasteiger partial charge >= 0.3 is 5.97 Å². The third-order valence-corrected chi connectivity index (χ3v) is 1.40. The van der Waals surface area contributed by atoms with Gasteiger partial charge < -0.3 is 19.3 Å². The Morgan fingerprint density at radius 2 is 2.27 bits per heavy atom. The minimum absolute atomic E-state index is 0.0773. The second-order valence-electron chi connectivity index (χ2n) is 2.54. The predicted octanol–water partition coefficient (Wildman–Crippen LogP) is -0.756. The van der Waals surface area contributed by atoms with Crippen molar-refractivity contribution in [2.45, 2.75) is 6.41 Å². The smallest absolute Gasteiger partial charge is 0.330 e. The fourth-order valence-electron chi connectivity index (χ4n) is 0.704. The van der Waals surface area contributed by atoms with Crippen LogP contribution in [0.2, 0.25) is 0 Å².